The van der Waals surface area contributed by atoms with E-state index in [9.17, 15) is 35.9 Å². The summed E-state index contributed by atoms with van der Waals surface area (Å²) in [5, 5.41) is 0.973. The molecule has 0 spiro atoms. The number of fused-ring (bicyclic) bond motifs is 1. The lowest BCUT2D eigenvalue weighted by Gasteiger charge is -2.30. The standard InChI is InChI=1S/C31H29F6N3O2/c1-20(2)40(29(42)22-9-13-25(14-10-22)31(35,36)37)19-28(41)39(18-21-7-11-24(12-8-21)30(32,33)34)16-15-23-17-38-27-6-4-3-5-26(23)27/h3-14,17,20,38H,15-16,18-19H2,1-2H3. The fraction of sp³-hybridized carbons (Fsp3) is 0.290. The number of hydrogen-bond acceptors (Lipinski definition) is 2. The van der Waals surface area contributed by atoms with Crippen LogP contribution in [0.2, 0.25) is 0 Å². The van der Waals surface area contributed by atoms with Crippen molar-refractivity contribution in [1.82, 2.24) is 14.8 Å². The van der Waals surface area contributed by atoms with Crippen LogP contribution in [0.1, 0.15) is 46.5 Å². The molecule has 4 aromatic rings. The smallest absolute Gasteiger partial charge is 0.361 e. The fourth-order valence-corrected chi connectivity index (χ4v) is 4.61. The highest BCUT2D eigenvalue weighted by atomic mass is 19.4. The molecule has 3 aromatic carbocycles. The Balaban J connectivity index is 1.56. The highest BCUT2D eigenvalue weighted by Gasteiger charge is 2.32. The van der Waals surface area contributed by atoms with Crippen LogP contribution >= 0.6 is 0 Å². The Morgan fingerprint density at radius 1 is 0.810 bits per heavy atom. The number of nitrogens with one attached hydrogen (secondary N) is 1. The number of para-hydroxylation sites is 1. The third-order valence-corrected chi connectivity index (χ3v) is 6.98. The van der Waals surface area contributed by atoms with Crippen LogP contribution < -0.4 is 0 Å². The lowest BCUT2D eigenvalue weighted by molar-refractivity contribution is -0.138. The summed E-state index contributed by atoms with van der Waals surface area (Å²) >= 11 is 0. The van der Waals surface area contributed by atoms with Crippen molar-refractivity contribution in [2.75, 3.05) is 13.1 Å². The maximum atomic E-state index is 13.6. The van der Waals surface area contributed by atoms with E-state index in [0.717, 1.165) is 52.9 Å². The van der Waals surface area contributed by atoms with E-state index in [1.54, 1.807) is 13.8 Å². The van der Waals surface area contributed by atoms with Gasteiger partial charge in [-0.15, -0.1) is 0 Å². The summed E-state index contributed by atoms with van der Waals surface area (Å²) in [4.78, 5) is 32.8. The van der Waals surface area contributed by atoms with Crippen LogP contribution in [-0.2, 0) is 30.1 Å². The zero-order valence-electron chi connectivity index (χ0n) is 22.9. The molecule has 1 heterocycles. The third kappa shape index (κ3) is 7.32. The molecular formula is C31H29F6N3O2. The van der Waals surface area contributed by atoms with Crippen LogP contribution in [0.5, 0.6) is 0 Å². The van der Waals surface area contributed by atoms with Crippen LogP contribution in [-0.4, -0.2) is 45.7 Å². The van der Waals surface area contributed by atoms with Gasteiger partial charge in [0.2, 0.25) is 5.91 Å². The minimum atomic E-state index is -4.56. The molecule has 0 saturated carbocycles. The van der Waals surface area contributed by atoms with Crippen molar-refractivity contribution in [2.45, 2.75) is 45.2 Å². The van der Waals surface area contributed by atoms with Gasteiger partial charge in [-0.2, -0.15) is 26.3 Å². The maximum Gasteiger partial charge on any atom is 0.416 e. The number of halogens is 6. The summed E-state index contributed by atoms with van der Waals surface area (Å²) in [5.74, 6) is -1.07. The van der Waals surface area contributed by atoms with E-state index in [2.05, 4.69) is 4.98 Å². The number of hydrogen-bond donors (Lipinski definition) is 1. The number of carbonyl (C=O) groups excluding carboxylic acids is 2. The lowest BCUT2D eigenvalue weighted by atomic mass is 10.1. The average Bonchev–Trinajstić information content (AvgIpc) is 3.35. The van der Waals surface area contributed by atoms with Crippen molar-refractivity contribution < 1.29 is 35.9 Å². The highest BCUT2D eigenvalue weighted by Crippen LogP contribution is 2.30. The zero-order valence-corrected chi connectivity index (χ0v) is 22.9. The molecular weight excluding hydrogens is 560 g/mol. The molecule has 0 unspecified atom stereocenters. The molecule has 0 fully saturated rings. The van der Waals surface area contributed by atoms with Gasteiger partial charge in [0.25, 0.3) is 5.91 Å². The minimum absolute atomic E-state index is 0.000267. The van der Waals surface area contributed by atoms with Crippen LogP contribution in [0.4, 0.5) is 26.3 Å². The van der Waals surface area contributed by atoms with Crippen molar-refractivity contribution in [2.24, 2.45) is 0 Å². The summed E-state index contributed by atoms with van der Waals surface area (Å²) in [6, 6.07) is 15.4. The number of aromatic nitrogens is 1. The summed E-state index contributed by atoms with van der Waals surface area (Å²) in [7, 11) is 0. The molecule has 11 heteroatoms. The van der Waals surface area contributed by atoms with Crippen molar-refractivity contribution in [3.63, 3.8) is 0 Å². The highest BCUT2D eigenvalue weighted by molar-refractivity contribution is 5.96. The molecule has 0 aliphatic rings. The van der Waals surface area contributed by atoms with Crippen molar-refractivity contribution >= 4 is 22.7 Å². The van der Waals surface area contributed by atoms with Crippen molar-refractivity contribution in [3.8, 4) is 0 Å². The van der Waals surface area contributed by atoms with E-state index in [4.69, 9.17) is 0 Å². The number of amides is 2. The lowest BCUT2D eigenvalue weighted by Crippen LogP contribution is -2.46. The number of carbonyl (C=O) groups is 2. The van der Waals surface area contributed by atoms with E-state index in [1.165, 1.54) is 21.9 Å². The second-order valence-electron chi connectivity index (χ2n) is 10.2. The molecule has 0 aliphatic heterocycles. The van der Waals surface area contributed by atoms with Crippen molar-refractivity contribution in [1.29, 1.82) is 0 Å². The van der Waals surface area contributed by atoms with Crippen LogP contribution in [0.15, 0.2) is 79.0 Å². The van der Waals surface area contributed by atoms with Gasteiger partial charge in [-0.1, -0.05) is 30.3 Å². The molecule has 1 N–H and O–H groups in total. The quantitative estimate of drug-likeness (QED) is 0.208. The molecule has 0 aliphatic carbocycles. The first-order valence-electron chi connectivity index (χ1n) is 13.2. The molecule has 42 heavy (non-hydrogen) atoms. The Morgan fingerprint density at radius 2 is 1.38 bits per heavy atom. The Bertz CT molecular complexity index is 1520. The Hall–Kier alpha value is -4.28. The largest absolute Gasteiger partial charge is 0.416 e. The summed E-state index contributed by atoms with van der Waals surface area (Å²) in [6.45, 7) is 3.21. The average molecular weight is 590 g/mol. The second-order valence-corrected chi connectivity index (χ2v) is 10.2. The Morgan fingerprint density at radius 3 is 1.95 bits per heavy atom. The number of rotatable bonds is 9. The number of aromatic amines is 1. The molecule has 0 bridgehead atoms. The van der Waals surface area contributed by atoms with Crippen LogP contribution in [0.3, 0.4) is 0 Å². The van der Waals surface area contributed by atoms with E-state index in [0.29, 0.717) is 12.0 Å². The SMILES string of the molecule is CC(C)N(CC(=O)N(CCc1c[nH]c2ccccc12)Cc1ccc(C(F)(F)F)cc1)C(=O)c1ccc(C(F)(F)F)cc1. The van der Waals surface area contributed by atoms with Gasteiger partial charge in [0.1, 0.15) is 6.54 Å². The van der Waals surface area contributed by atoms with Gasteiger partial charge in [-0.25, -0.2) is 0 Å². The van der Waals surface area contributed by atoms with Gasteiger partial charge < -0.3 is 14.8 Å². The zero-order chi connectivity index (χ0) is 30.7. The third-order valence-electron chi connectivity index (χ3n) is 6.98. The van der Waals surface area contributed by atoms with E-state index in [1.807, 2.05) is 30.5 Å². The predicted octanol–water partition coefficient (Wildman–Crippen LogP) is 7.33. The number of nitrogens with zero attached hydrogens (tertiary/aromatic N) is 2. The molecule has 5 nitrogen and oxygen atoms in total. The van der Waals surface area contributed by atoms with Gasteiger partial charge in [-0.05, 0) is 73.9 Å². The van der Waals surface area contributed by atoms with Gasteiger partial charge in [0.15, 0.2) is 0 Å². The van der Waals surface area contributed by atoms with Gasteiger partial charge >= 0.3 is 12.4 Å². The Kier molecular flexibility index (Phi) is 8.98. The molecule has 1 aromatic heterocycles. The Labute approximate surface area is 238 Å². The van der Waals surface area contributed by atoms with E-state index in [-0.39, 0.29) is 25.2 Å². The number of alkyl halides is 6. The molecule has 0 radical (unpaired) electrons. The first-order chi connectivity index (χ1) is 19.7. The predicted molar refractivity (Wildman–Crippen MR) is 146 cm³/mol. The molecule has 0 saturated heterocycles. The van der Waals surface area contributed by atoms with E-state index < -0.39 is 41.3 Å². The minimum Gasteiger partial charge on any atom is -0.361 e. The summed E-state index contributed by atoms with van der Waals surface area (Å²) in [5.41, 5.74) is 0.624. The second kappa shape index (κ2) is 12.3. The topological polar surface area (TPSA) is 56.4 Å². The normalized spacial score (nSPS) is 12.1. The molecule has 0 atom stereocenters. The van der Waals surface area contributed by atoms with Crippen LogP contribution in [0.25, 0.3) is 10.9 Å². The first-order valence-corrected chi connectivity index (χ1v) is 13.2. The maximum absolute atomic E-state index is 13.6. The molecule has 2 amide bonds. The fourth-order valence-electron chi connectivity index (χ4n) is 4.61. The first kappa shape index (κ1) is 30.7. The molecule has 222 valence electrons. The summed E-state index contributed by atoms with van der Waals surface area (Å²) < 4.78 is 78.2. The van der Waals surface area contributed by atoms with Gasteiger partial charge in [0.05, 0.1) is 11.1 Å². The van der Waals surface area contributed by atoms with E-state index >= 15 is 0 Å². The summed E-state index contributed by atoms with van der Waals surface area (Å²) in [6.07, 6.45) is -6.79. The number of H-pyrrole nitrogens is 1. The van der Waals surface area contributed by atoms with Gasteiger partial charge in [-0.3, -0.25) is 9.59 Å². The van der Waals surface area contributed by atoms with Gasteiger partial charge in [0, 0.05) is 41.8 Å². The molecule has 4 rings (SSSR count). The van der Waals surface area contributed by atoms with Crippen molar-refractivity contribution in [3.05, 3.63) is 107 Å². The monoisotopic (exact) mass is 589 g/mol. The number of benzene rings is 3. The van der Waals surface area contributed by atoms with Crippen LogP contribution in [0, 0.1) is 0 Å².